The van der Waals surface area contributed by atoms with Gasteiger partial charge in [-0.1, -0.05) is 57.4 Å². The number of anilines is 2. The summed E-state index contributed by atoms with van der Waals surface area (Å²) in [5.41, 5.74) is 24.3. The molecular weight excluding hydrogens is 284 g/mol. The molecule has 0 amide bonds. The number of unbranched alkanes of at least 4 members (excludes halogenated alkanes) is 9. The van der Waals surface area contributed by atoms with E-state index in [1.165, 1.54) is 64.2 Å². The Morgan fingerprint density at radius 1 is 0.609 bits per heavy atom. The van der Waals surface area contributed by atoms with E-state index in [9.17, 15) is 0 Å². The third kappa shape index (κ3) is 14.1. The summed E-state index contributed by atoms with van der Waals surface area (Å²) in [6, 6.07) is 5.60. The molecule has 1 aromatic rings. The van der Waals surface area contributed by atoms with Crippen LogP contribution in [-0.4, -0.2) is 13.1 Å². The number of benzene rings is 1. The van der Waals surface area contributed by atoms with E-state index < -0.39 is 0 Å². The Hall–Kier alpha value is -1.26. The van der Waals surface area contributed by atoms with Crippen molar-refractivity contribution in [3.8, 4) is 0 Å². The van der Waals surface area contributed by atoms with Crippen LogP contribution >= 0.6 is 0 Å². The Morgan fingerprint density at radius 2 is 1.00 bits per heavy atom. The molecule has 0 radical (unpaired) electrons. The van der Waals surface area contributed by atoms with Crippen LogP contribution in [0.3, 0.4) is 0 Å². The van der Waals surface area contributed by atoms with Crippen molar-refractivity contribution >= 4 is 11.4 Å². The fraction of sp³-hybridized carbons (Fsp3) is 0.684. The summed E-state index contributed by atoms with van der Waals surface area (Å²) < 4.78 is 0. The van der Waals surface area contributed by atoms with E-state index in [-0.39, 0.29) is 0 Å². The summed E-state index contributed by atoms with van der Waals surface area (Å²) in [6.07, 6.45) is 13.4. The highest BCUT2D eigenvalue weighted by atomic mass is 14.7. The van der Waals surface area contributed by atoms with Crippen molar-refractivity contribution in [3.63, 3.8) is 0 Å². The van der Waals surface area contributed by atoms with Crippen LogP contribution in [0.15, 0.2) is 18.2 Å². The van der Waals surface area contributed by atoms with Crippen LogP contribution in [0, 0.1) is 6.92 Å². The van der Waals surface area contributed by atoms with Gasteiger partial charge in [0.05, 0.1) is 11.4 Å². The molecule has 0 saturated heterocycles. The summed E-state index contributed by atoms with van der Waals surface area (Å²) in [4.78, 5) is 0. The van der Waals surface area contributed by atoms with Crippen LogP contribution < -0.4 is 22.9 Å². The summed E-state index contributed by atoms with van der Waals surface area (Å²) >= 11 is 0. The molecule has 0 aliphatic heterocycles. The molecule has 0 bridgehead atoms. The zero-order chi connectivity index (χ0) is 17.3. The Morgan fingerprint density at radius 3 is 1.30 bits per heavy atom. The third-order valence-corrected chi connectivity index (χ3v) is 3.90. The standard InChI is InChI=1S/C12H28N2.C7H10N2/c13-11-9-7-5-3-1-2-4-6-8-10-12-14;1-5-2-3-6(8)7(9)4-5/h1-14H2;2-4H,8-9H2,1H3. The molecule has 0 aromatic heterocycles. The quantitative estimate of drug-likeness (QED) is 0.365. The molecule has 0 spiro atoms. The average Bonchev–Trinajstić information content (AvgIpc) is 2.54. The van der Waals surface area contributed by atoms with Crippen LogP contribution in [0.1, 0.15) is 69.8 Å². The maximum Gasteiger partial charge on any atom is 0.0550 e. The van der Waals surface area contributed by atoms with Crippen LogP contribution in [0.4, 0.5) is 11.4 Å². The van der Waals surface area contributed by atoms with Crippen molar-refractivity contribution in [3.05, 3.63) is 23.8 Å². The Kier molecular flexibility index (Phi) is 14.8. The highest BCUT2D eigenvalue weighted by Gasteiger charge is 1.92. The Balaban J connectivity index is 0.000000459. The lowest BCUT2D eigenvalue weighted by atomic mass is 10.1. The predicted molar refractivity (Wildman–Crippen MR) is 104 cm³/mol. The minimum absolute atomic E-state index is 0.653. The zero-order valence-electron chi connectivity index (χ0n) is 15.0. The van der Waals surface area contributed by atoms with Gasteiger partial charge in [0, 0.05) is 0 Å². The first-order valence-corrected chi connectivity index (χ1v) is 9.13. The molecule has 0 aliphatic rings. The molecule has 4 heteroatoms. The largest absolute Gasteiger partial charge is 0.397 e. The van der Waals surface area contributed by atoms with E-state index in [0.29, 0.717) is 11.4 Å². The van der Waals surface area contributed by atoms with Gasteiger partial charge in [-0.25, -0.2) is 0 Å². The smallest absolute Gasteiger partial charge is 0.0550 e. The average molecular weight is 323 g/mol. The maximum absolute atomic E-state index is 5.50. The number of nitrogen functional groups attached to an aromatic ring is 2. The molecule has 0 saturated carbocycles. The van der Waals surface area contributed by atoms with Gasteiger partial charge in [-0.2, -0.15) is 0 Å². The van der Waals surface area contributed by atoms with Crippen LogP contribution in [-0.2, 0) is 0 Å². The molecule has 1 rings (SSSR count). The second-order valence-electron chi connectivity index (χ2n) is 6.25. The topological polar surface area (TPSA) is 104 Å². The normalized spacial score (nSPS) is 10.2. The van der Waals surface area contributed by atoms with Crippen LogP contribution in [0.2, 0.25) is 0 Å². The van der Waals surface area contributed by atoms with Gasteiger partial charge in [-0.05, 0) is 50.6 Å². The van der Waals surface area contributed by atoms with Crippen molar-refractivity contribution in [2.24, 2.45) is 11.5 Å². The molecule has 8 N–H and O–H groups in total. The van der Waals surface area contributed by atoms with Crippen LogP contribution in [0.5, 0.6) is 0 Å². The lowest BCUT2D eigenvalue weighted by molar-refractivity contribution is 0.554. The summed E-state index contributed by atoms with van der Waals surface area (Å²) in [5.74, 6) is 0. The van der Waals surface area contributed by atoms with Crippen molar-refractivity contribution < 1.29 is 0 Å². The second-order valence-corrected chi connectivity index (χ2v) is 6.25. The van der Waals surface area contributed by atoms with Crippen molar-refractivity contribution in [2.45, 2.75) is 71.1 Å². The predicted octanol–water partition coefficient (Wildman–Crippen LogP) is 3.96. The fourth-order valence-electron chi connectivity index (χ4n) is 2.40. The number of nitrogens with two attached hydrogens (primary N) is 4. The number of aryl methyl sites for hydroxylation is 1. The van der Waals surface area contributed by atoms with Crippen molar-refractivity contribution in [1.82, 2.24) is 0 Å². The van der Waals surface area contributed by atoms with Gasteiger partial charge >= 0.3 is 0 Å². The summed E-state index contributed by atoms with van der Waals surface area (Å²) in [7, 11) is 0. The van der Waals surface area contributed by atoms with Gasteiger partial charge in [0.1, 0.15) is 0 Å². The van der Waals surface area contributed by atoms with Crippen molar-refractivity contribution in [1.29, 1.82) is 0 Å². The van der Waals surface area contributed by atoms with Gasteiger partial charge < -0.3 is 22.9 Å². The number of hydrogen-bond acceptors (Lipinski definition) is 4. The monoisotopic (exact) mass is 322 g/mol. The lowest BCUT2D eigenvalue weighted by Gasteiger charge is -2.01. The lowest BCUT2D eigenvalue weighted by Crippen LogP contribution is -1.97. The summed E-state index contributed by atoms with van der Waals surface area (Å²) in [5, 5.41) is 0. The third-order valence-electron chi connectivity index (χ3n) is 3.90. The highest BCUT2D eigenvalue weighted by Crippen LogP contribution is 2.14. The molecule has 0 unspecified atom stereocenters. The first-order chi connectivity index (χ1) is 11.1. The Bertz CT molecular complexity index is 368. The van der Waals surface area contributed by atoms with Crippen molar-refractivity contribution in [2.75, 3.05) is 24.6 Å². The first kappa shape index (κ1) is 21.7. The molecule has 0 fully saturated rings. The molecule has 0 atom stereocenters. The minimum Gasteiger partial charge on any atom is -0.397 e. The van der Waals surface area contributed by atoms with E-state index in [4.69, 9.17) is 22.9 Å². The fourth-order valence-corrected chi connectivity index (χ4v) is 2.40. The van der Waals surface area contributed by atoms with E-state index in [1.807, 2.05) is 25.1 Å². The zero-order valence-corrected chi connectivity index (χ0v) is 15.0. The van der Waals surface area contributed by atoms with E-state index in [0.717, 1.165) is 18.7 Å². The Labute approximate surface area is 143 Å². The molecule has 134 valence electrons. The van der Waals surface area contributed by atoms with E-state index in [2.05, 4.69) is 0 Å². The van der Waals surface area contributed by atoms with E-state index >= 15 is 0 Å². The second kappa shape index (κ2) is 15.6. The molecule has 1 aromatic carbocycles. The van der Waals surface area contributed by atoms with E-state index in [1.54, 1.807) is 0 Å². The molecule has 0 aliphatic carbocycles. The highest BCUT2D eigenvalue weighted by molar-refractivity contribution is 5.63. The number of rotatable bonds is 11. The molecule has 23 heavy (non-hydrogen) atoms. The summed E-state index contributed by atoms with van der Waals surface area (Å²) in [6.45, 7) is 3.70. The first-order valence-electron chi connectivity index (χ1n) is 9.13. The molecule has 4 nitrogen and oxygen atoms in total. The van der Waals surface area contributed by atoms with Gasteiger partial charge in [-0.15, -0.1) is 0 Å². The molecule has 0 heterocycles. The van der Waals surface area contributed by atoms with Gasteiger partial charge in [-0.3, -0.25) is 0 Å². The molecular formula is C19H38N4. The van der Waals surface area contributed by atoms with Gasteiger partial charge in [0.2, 0.25) is 0 Å². The van der Waals surface area contributed by atoms with Gasteiger partial charge in [0.15, 0.2) is 0 Å². The maximum atomic E-state index is 5.50. The minimum atomic E-state index is 0.653. The van der Waals surface area contributed by atoms with Crippen LogP contribution in [0.25, 0.3) is 0 Å². The SMILES string of the molecule is Cc1ccc(N)c(N)c1.NCCCCCCCCCCCCN. The number of hydrogen-bond donors (Lipinski definition) is 4. The van der Waals surface area contributed by atoms with Gasteiger partial charge in [0.25, 0.3) is 0 Å².